The Kier molecular flexibility index (Phi) is 5.48. The van der Waals surface area contributed by atoms with Gasteiger partial charge in [-0.1, -0.05) is 24.3 Å². The molecule has 1 aromatic carbocycles. The predicted molar refractivity (Wildman–Crippen MR) is 113 cm³/mol. The zero-order valence-corrected chi connectivity index (χ0v) is 16.9. The van der Waals surface area contributed by atoms with Crippen molar-refractivity contribution in [3.63, 3.8) is 0 Å². The molecule has 1 N–H and O–H groups in total. The van der Waals surface area contributed by atoms with Crippen molar-refractivity contribution in [2.24, 2.45) is 13.0 Å². The average molecular weight is 396 g/mol. The van der Waals surface area contributed by atoms with Gasteiger partial charge in [0.15, 0.2) is 0 Å². The van der Waals surface area contributed by atoms with Crippen molar-refractivity contribution < 1.29 is 9.59 Å². The van der Waals surface area contributed by atoms with Crippen LogP contribution >= 0.6 is 11.3 Å². The molecule has 0 spiro atoms. The van der Waals surface area contributed by atoms with Gasteiger partial charge in [0, 0.05) is 48.7 Å². The van der Waals surface area contributed by atoms with E-state index in [-0.39, 0.29) is 11.8 Å². The zero-order valence-electron chi connectivity index (χ0n) is 16.1. The third-order valence-corrected chi connectivity index (χ3v) is 6.44. The summed E-state index contributed by atoms with van der Waals surface area (Å²) >= 11 is 1.63. The van der Waals surface area contributed by atoms with Crippen LogP contribution < -0.4 is 5.32 Å². The Balaban J connectivity index is 1.28. The normalized spacial score (nSPS) is 15.1. The molecule has 0 aliphatic carbocycles. The predicted octanol–water partition coefficient (Wildman–Crippen LogP) is 3.45. The number of nitrogens with one attached hydrogen (secondary N) is 1. The van der Waals surface area contributed by atoms with Crippen molar-refractivity contribution in [1.29, 1.82) is 0 Å². The van der Waals surface area contributed by atoms with Gasteiger partial charge >= 0.3 is 0 Å². The van der Waals surface area contributed by atoms with Gasteiger partial charge in [-0.15, -0.1) is 11.3 Å². The molecule has 1 aliphatic rings. The van der Waals surface area contributed by atoms with E-state index in [4.69, 9.17) is 0 Å². The minimum Gasteiger partial charge on any atom is -0.352 e. The molecule has 146 valence electrons. The second kappa shape index (κ2) is 8.19. The van der Waals surface area contributed by atoms with E-state index in [1.165, 1.54) is 0 Å². The smallest absolute Gasteiger partial charge is 0.253 e. The third kappa shape index (κ3) is 3.97. The Bertz CT molecular complexity index is 969. The summed E-state index contributed by atoms with van der Waals surface area (Å²) in [6.45, 7) is 2.22. The lowest BCUT2D eigenvalue weighted by molar-refractivity contribution is -0.131. The first-order valence-electron chi connectivity index (χ1n) is 9.74. The van der Waals surface area contributed by atoms with Crippen LogP contribution in [0.15, 0.2) is 48.0 Å². The molecule has 0 atom stereocenters. The van der Waals surface area contributed by atoms with Gasteiger partial charge in [-0.25, -0.2) is 0 Å². The summed E-state index contributed by atoms with van der Waals surface area (Å²) in [6.07, 6.45) is 4.27. The van der Waals surface area contributed by atoms with Gasteiger partial charge in [0.2, 0.25) is 5.91 Å². The van der Waals surface area contributed by atoms with Crippen molar-refractivity contribution in [1.82, 2.24) is 14.8 Å². The maximum atomic E-state index is 12.7. The van der Waals surface area contributed by atoms with E-state index in [0.717, 1.165) is 47.3 Å². The molecule has 2 amide bonds. The first-order valence-corrected chi connectivity index (χ1v) is 10.6. The van der Waals surface area contributed by atoms with E-state index >= 15 is 0 Å². The number of hydrogen-bond donors (Lipinski definition) is 1. The number of amides is 2. The molecule has 1 fully saturated rings. The average Bonchev–Trinajstić information content (AvgIpc) is 3.35. The highest BCUT2D eigenvalue weighted by molar-refractivity contribution is 7.10. The van der Waals surface area contributed by atoms with Crippen molar-refractivity contribution in [2.45, 2.75) is 19.3 Å². The van der Waals surface area contributed by atoms with Gasteiger partial charge in [0.05, 0.1) is 12.0 Å². The monoisotopic (exact) mass is 395 g/mol. The number of benzene rings is 1. The van der Waals surface area contributed by atoms with Crippen molar-refractivity contribution in [3.8, 4) is 0 Å². The highest BCUT2D eigenvalue weighted by atomic mass is 32.1. The Hall–Kier alpha value is -2.60. The summed E-state index contributed by atoms with van der Waals surface area (Å²) in [5.74, 6) is 0.610. The van der Waals surface area contributed by atoms with Crippen LogP contribution in [0.1, 0.15) is 28.1 Å². The topological polar surface area (TPSA) is 54.3 Å². The largest absolute Gasteiger partial charge is 0.352 e. The second-order valence-electron chi connectivity index (χ2n) is 7.46. The third-order valence-electron chi connectivity index (χ3n) is 5.57. The highest BCUT2D eigenvalue weighted by Gasteiger charge is 2.24. The fraction of sp³-hybridized carbons (Fsp3) is 0.364. The van der Waals surface area contributed by atoms with Gasteiger partial charge in [-0.3, -0.25) is 9.59 Å². The van der Waals surface area contributed by atoms with Gasteiger partial charge in [-0.05, 0) is 36.3 Å². The number of aryl methyl sites for hydroxylation is 1. The molecule has 0 unspecified atom stereocenters. The number of carbonyl (C=O) groups is 2. The Morgan fingerprint density at radius 1 is 1.14 bits per heavy atom. The Labute approximate surface area is 169 Å². The van der Waals surface area contributed by atoms with E-state index in [9.17, 15) is 9.59 Å². The number of thiophene rings is 1. The number of nitrogens with zero attached hydrogens (tertiary/aromatic N) is 2. The molecule has 3 aromatic rings. The molecule has 1 aliphatic heterocycles. The molecular formula is C22H25N3O2S. The number of para-hydroxylation sites is 1. The Morgan fingerprint density at radius 3 is 2.68 bits per heavy atom. The van der Waals surface area contributed by atoms with Crippen molar-refractivity contribution in [3.05, 3.63) is 58.4 Å². The van der Waals surface area contributed by atoms with Crippen LogP contribution in [0.5, 0.6) is 0 Å². The van der Waals surface area contributed by atoms with Crippen LogP contribution in [-0.2, 0) is 18.3 Å². The SMILES string of the molecule is Cn1cc(C(=O)NCC2CCN(C(=O)Cc3cccs3)CC2)c2ccccc21. The summed E-state index contributed by atoms with van der Waals surface area (Å²) in [4.78, 5) is 28.2. The molecule has 0 radical (unpaired) electrons. The van der Waals surface area contributed by atoms with Crippen molar-refractivity contribution in [2.75, 3.05) is 19.6 Å². The van der Waals surface area contributed by atoms with E-state index in [1.807, 2.05) is 64.5 Å². The quantitative estimate of drug-likeness (QED) is 0.719. The molecular weight excluding hydrogens is 370 g/mol. The fourth-order valence-electron chi connectivity index (χ4n) is 3.92. The van der Waals surface area contributed by atoms with Gasteiger partial charge in [-0.2, -0.15) is 0 Å². The van der Waals surface area contributed by atoms with Crippen LogP contribution in [0, 0.1) is 5.92 Å². The molecule has 1 saturated heterocycles. The lowest BCUT2D eigenvalue weighted by Gasteiger charge is -2.32. The molecule has 5 nitrogen and oxygen atoms in total. The molecule has 0 saturated carbocycles. The van der Waals surface area contributed by atoms with Crippen molar-refractivity contribution >= 4 is 34.1 Å². The minimum atomic E-state index is -0.0204. The Morgan fingerprint density at radius 2 is 1.93 bits per heavy atom. The van der Waals surface area contributed by atoms with Gasteiger partial charge in [0.1, 0.15) is 0 Å². The lowest BCUT2D eigenvalue weighted by Crippen LogP contribution is -2.42. The molecule has 0 bridgehead atoms. The first-order chi connectivity index (χ1) is 13.6. The summed E-state index contributed by atoms with van der Waals surface area (Å²) in [6, 6.07) is 12.0. The van der Waals surface area contributed by atoms with Gasteiger partial charge < -0.3 is 14.8 Å². The van der Waals surface area contributed by atoms with Gasteiger partial charge in [0.25, 0.3) is 5.91 Å². The van der Waals surface area contributed by atoms with E-state index in [0.29, 0.717) is 18.9 Å². The molecule has 28 heavy (non-hydrogen) atoms. The lowest BCUT2D eigenvalue weighted by atomic mass is 9.96. The standard InChI is InChI=1S/C22H25N3O2S/c1-24-15-19(18-6-2-3-7-20(18)24)22(27)23-14-16-8-10-25(11-9-16)21(26)13-17-5-4-12-28-17/h2-7,12,15-16H,8-11,13-14H2,1H3,(H,23,27). The van der Waals surface area contributed by atoms with Crippen LogP contribution in [-0.4, -0.2) is 40.9 Å². The summed E-state index contributed by atoms with van der Waals surface area (Å²) < 4.78 is 1.99. The number of likely N-dealkylation sites (tertiary alicyclic amines) is 1. The number of aromatic nitrogens is 1. The molecule has 2 aromatic heterocycles. The zero-order chi connectivity index (χ0) is 19.5. The van der Waals surface area contributed by atoms with Crippen LogP contribution in [0.2, 0.25) is 0 Å². The summed E-state index contributed by atoms with van der Waals surface area (Å²) in [5, 5.41) is 6.09. The molecule has 3 heterocycles. The first kappa shape index (κ1) is 18.7. The number of fused-ring (bicyclic) bond motifs is 1. The van der Waals surface area contributed by atoms with Crippen LogP contribution in [0.4, 0.5) is 0 Å². The van der Waals surface area contributed by atoms with E-state index < -0.39 is 0 Å². The van der Waals surface area contributed by atoms with E-state index in [2.05, 4.69) is 5.32 Å². The second-order valence-corrected chi connectivity index (χ2v) is 8.49. The number of carbonyl (C=O) groups excluding carboxylic acids is 2. The number of hydrogen-bond acceptors (Lipinski definition) is 3. The fourth-order valence-corrected chi connectivity index (χ4v) is 4.61. The highest BCUT2D eigenvalue weighted by Crippen LogP contribution is 2.21. The maximum absolute atomic E-state index is 12.7. The maximum Gasteiger partial charge on any atom is 0.253 e. The summed E-state index contributed by atoms with van der Waals surface area (Å²) in [7, 11) is 1.96. The minimum absolute atomic E-state index is 0.0204. The van der Waals surface area contributed by atoms with Crippen LogP contribution in [0.25, 0.3) is 10.9 Å². The number of piperidine rings is 1. The van der Waals surface area contributed by atoms with E-state index in [1.54, 1.807) is 11.3 Å². The summed E-state index contributed by atoms with van der Waals surface area (Å²) in [5.41, 5.74) is 1.78. The van der Waals surface area contributed by atoms with Crippen LogP contribution in [0.3, 0.4) is 0 Å². The molecule has 6 heteroatoms. The number of rotatable bonds is 5. The molecule has 4 rings (SSSR count).